The number of fused-ring (bicyclic) bond motifs is 1. The Hall–Kier alpha value is -5.99. The third kappa shape index (κ3) is 6.59. The van der Waals surface area contributed by atoms with Crippen molar-refractivity contribution in [3.8, 4) is 11.4 Å². The van der Waals surface area contributed by atoms with E-state index < -0.39 is 11.6 Å². The lowest BCUT2D eigenvalue weighted by Gasteiger charge is -2.36. The highest BCUT2D eigenvalue weighted by atomic mass is 16.3. The fourth-order valence-corrected chi connectivity index (χ4v) is 9.72. The van der Waals surface area contributed by atoms with E-state index in [1.165, 1.54) is 16.7 Å². The van der Waals surface area contributed by atoms with Gasteiger partial charge in [-0.05, 0) is 88.4 Å². The first-order chi connectivity index (χ1) is 28.4. The second kappa shape index (κ2) is 15.7. The Morgan fingerprint density at radius 3 is 2.10 bits per heavy atom. The second-order valence-corrected chi connectivity index (χ2v) is 16.4. The Morgan fingerprint density at radius 2 is 1.47 bits per heavy atom. The molecule has 0 aliphatic heterocycles. The molecular formula is C50H51N7O. The number of tetrazole rings is 1. The summed E-state index contributed by atoms with van der Waals surface area (Å²) < 4.78 is 4.45. The highest BCUT2D eigenvalue weighted by Crippen LogP contribution is 2.48. The molecule has 2 aliphatic carbocycles. The molecule has 3 heterocycles. The fraction of sp³-hybridized carbons (Fsp3) is 0.300. The lowest BCUT2D eigenvalue weighted by Crippen LogP contribution is -2.39. The minimum absolute atomic E-state index is 0.151. The van der Waals surface area contributed by atoms with Crippen molar-refractivity contribution in [2.75, 3.05) is 0 Å². The molecule has 0 saturated heterocycles. The molecule has 2 aliphatic rings. The summed E-state index contributed by atoms with van der Waals surface area (Å²) in [7, 11) is 0. The van der Waals surface area contributed by atoms with Crippen LogP contribution in [0.3, 0.4) is 0 Å². The van der Waals surface area contributed by atoms with Crippen molar-refractivity contribution in [1.29, 1.82) is 0 Å². The van der Waals surface area contributed by atoms with E-state index in [2.05, 4.69) is 171 Å². The Balaban J connectivity index is 1.10. The number of hydrogen-bond acceptors (Lipinski definition) is 6. The number of pyridine rings is 1. The molecule has 58 heavy (non-hydrogen) atoms. The third-order valence-electron chi connectivity index (χ3n) is 12.2. The number of imidazole rings is 1. The number of benzene rings is 4. The van der Waals surface area contributed by atoms with Gasteiger partial charge in [-0.2, -0.15) is 0 Å². The first-order valence-electron chi connectivity index (χ1n) is 20.9. The van der Waals surface area contributed by atoms with Gasteiger partial charge >= 0.3 is 0 Å². The van der Waals surface area contributed by atoms with Crippen molar-refractivity contribution in [1.82, 2.24) is 34.7 Å². The zero-order valence-electron chi connectivity index (χ0n) is 33.8. The van der Waals surface area contributed by atoms with Crippen molar-refractivity contribution >= 4 is 11.2 Å². The van der Waals surface area contributed by atoms with Gasteiger partial charge in [0, 0.05) is 30.0 Å². The number of aliphatic hydroxyl groups is 1. The quantitative estimate of drug-likeness (QED) is 0.125. The van der Waals surface area contributed by atoms with Gasteiger partial charge in [0.2, 0.25) is 0 Å². The van der Waals surface area contributed by atoms with Crippen LogP contribution in [0, 0.1) is 12.8 Å². The lowest BCUT2D eigenvalue weighted by molar-refractivity contribution is 0.148. The number of nitrogens with zero attached hydrogens (tertiary/aromatic N) is 7. The van der Waals surface area contributed by atoms with Crippen LogP contribution in [0.1, 0.15) is 97.7 Å². The van der Waals surface area contributed by atoms with E-state index in [4.69, 9.17) is 20.3 Å². The average Bonchev–Trinajstić information content (AvgIpc) is 4.00. The Kier molecular flexibility index (Phi) is 10.2. The van der Waals surface area contributed by atoms with Gasteiger partial charge in [-0.15, -0.1) is 5.10 Å². The zero-order valence-corrected chi connectivity index (χ0v) is 33.8. The molecule has 9 rings (SSSR count). The Morgan fingerprint density at radius 1 is 0.828 bits per heavy atom. The van der Waals surface area contributed by atoms with Crippen molar-refractivity contribution in [3.63, 3.8) is 0 Å². The maximum absolute atomic E-state index is 10.8. The van der Waals surface area contributed by atoms with Gasteiger partial charge in [0.25, 0.3) is 0 Å². The highest BCUT2D eigenvalue weighted by molar-refractivity contribution is 5.76. The SMILES string of the molecule is CCc1nc2c(C)cc(CC(O)CC(C)C)nc2n1C1CCC2=C1C=CC(c1ccccc1-c1nnnn1C(c1ccccc1)(c1ccccc1)c1ccccc1)C2. The lowest BCUT2D eigenvalue weighted by atomic mass is 9.76. The molecule has 3 aromatic heterocycles. The van der Waals surface area contributed by atoms with Crippen LogP contribution in [0.4, 0.5) is 0 Å². The van der Waals surface area contributed by atoms with Gasteiger partial charge in [0.15, 0.2) is 11.5 Å². The Labute approximate surface area is 341 Å². The summed E-state index contributed by atoms with van der Waals surface area (Å²) in [4.78, 5) is 10.4. The van der Waals surface area contributed by atoms with Crippen LogP contribution < -0.4 is 0 Å². The first kappa shape index (κ1) is 37.6. The molecule has 8 nitrogen and oxygen atoms in total. The number of aryl methyl sites for hydroxylation is 2. The molecule has 0 bridgehead atoms. The summed E-state index contributed by atoms with van der Waals surface area (Å²) in [5, 5.41) is 24.9. The van der Waals surface area contributed by atoms with Crippen LogP contribution in [0.5, 0.6) is 0 Å². The van der Waals surface area contributed by atoms with Crippen LogP contribution in [0.25, 0.3) is 22.6 Å². The van der Waals surface area contributed by atoms with Crippen LogP contribution in [0.15, 0.2) is 145 Å². The number of aliphatic hydroxyl groups excluding tert-OH is 1. The minimum Gasteiger partial charge on any atom is -0.393 e. The van der Waals surface area contributed by atoms with E-state index in [1.54, 1.807) is 0 Å². The second-order valence-electron chi connectivity index (χ2n) is 16.4. The number of allylic oxidation sites excluding steroid dienone is 4. The molecule has 0 radical (unpaired) electrons. The third-order valence-corrected chi connectivity index (χ3v) is 12.2. The van der Waals surface area contributed by atoms with E-state index >= 15 is 0 Å². The van der Waals surface area contributed by atoms with E-state index in [0.717, 1.165) is 88.4 Å². The smallest absolute Gasteiger partial charge is 0.183 e. The number of aromatic nitrogens is 7. The zero-order chi connectivity index (χ0) is 39.8. The van der Waals surface area contributed by atoms with Crippen molar-refractivity contribution in [2.24, 2.45) is 5.92 Å². The van der Waals surface area contributed by atoms with Gasteiger partial charge in [-0.3, -0.25) is 0 Å². The summed E-state index contributed by atoms with van der Waals surface area (Å²) in [6, 6.07) is 42.7. The van der Waals surface area contributed by atoms with Crippen LogP contribution in [-0.2, 0) is 18.4 Å². The molecule has 0 saturated carbocycles. The molecule has 292 valence electrons. The minimum atomic E-state index is -0.837. The molecule has 8 heteroatoms. The number of hydrogen-bond donors (Lipinski definition) is 1. The van der Waals surface area contributed by atoms with Crippen molar-refractivity contribution in [2.45, 2.75) is 89.8 Å². The summed E-state index contributed by atoms with van der Waals surface area (Å²) >= 11 is 0. The monoisotopic (exact) mass is 765 g/mol. The van der Waals surface area contributed by atoms with Gasteiger partial charge in [0.1, 0.15) is 16.9 Å². The highest BCUT2D eigenvalue weighted by Gasteiger charge is 2.42. The summed E-state index contributed by atoms with van der Waals surface area (Å²) in [6.07, 6.45) is 9.44. The van der Waals surface area contributed by atoms with Crippen LogP contribution in [-0.4, -0.2) is 46.0 Å². The van der Waals surface area contributed by atoms with Crippen LogP contribution >= 0.6 is 0 Å². The fourth-order valence-electron chi connectivity index (χ4n) is 9.72. The predicted octanol–water partition coefficient (Wildman–Crippen LogP) is 10.1. The van der Waals surface area contributed by atoms with E-state index in [1.807, 2.05) is 4.68 Å². The average molecular weight is 766 g/mol. The number of rotatable bonds is 12. The van der Waals surface area contributed by atoms with Crippen molar-refractivity contribution < 1.29 is 5.11 Å². The standard InChI is InChI=1S/C50H51N7O/c1-5-46-52-47-34(4)30-40(32-41(58)29-33(2)3)51-49(47)56(46)45-28-26-36-31-35(25-27-43(36)45)42-23-15-16-24-44(42)48-53-54-55-57(48)50(37-17-9-6-10-18-37,38-19-11-7-12-20-38)39-21-13-8-14-22-39/h6-25,27,30,33,35,41,45,58H,5,26,28-29,31-32H2,1-4H3. The first-order valence-corrected chi connectivity index (χ1v) is 20.9. The molecule has 3 atom stereocenters. The normalized spacial score (nSPS) is 17.3. The topological polar surface area (TPSA) is 94.5 Å². The maximum Gasteiger partial charge on any atom is 0.183 e. The van der Waals surface area contributed by atoms with Crippen molar-refractivity contribution in [3.05, 3.63) is 184 Å². The van der Waals surface area contributed by atoms with E-state index in [-0.39, 0.29) is 12.0 Å². The van der Waals surface area contributed by atoms with Gasteiger partial charge in [-0.25, -0.2) is 14.6 Å². The summed E-state index contributed by atoms with van der Waals surface area (Å²) in [5.74, 6) is 2.36. The van der Waals surface area contributed by atoms with Crippen LogP contribution in [0.2, 0.25) is 0 Å². The van der Waals surface area contributed by atoms with Gasteiger partial charge in [0.05, 0.1) is 12.1 Å². The van der Waals surface area contributed by atoms with Gasteiger partial charge < -0.3 is 9.67 Å². The molecule has 7 aromatic rings. The molecule has 1 N–H and O–H groups in total. The summed E-state index contributed by atoms with van der Waals surface area (Å²) in [6.45, 7) is 8.61. The molecule has 3 unspecified atom stereocenters. The van der Waals surface area contributed by atoms with E-state index in [9.17, 15) is 5.11 Å². The predicted molar refractivity (Wildman–Crippen MR) is 230 cm³/mol. The van der Waals surface area contributed by atoms with Gasteiger partial charge in [-0.1, -0.05) is 154 Å². The molecule has 0 spiro atoms. The Bertz CT molecular complexity index is 2510. The molecule has 4 aromatic carbocycles. The molecular weight excluding hydrogens is 715 g/mol. The molecule has 0 amide bonds. The maximum atomic E-state index is 10.8. The summed E-state index contributed by atoms with van der Waals surface area (Å²) in [5.41, 5.74) is 11.4. The van der Waals surface area contributed by atoms with E-state index in [0.29, 0.717) is 12.3 Å². The largest absolute Gasteiger partial charge is 0.393 e. The molecule has 0 fully saturated rings.